The van der Waals surface area contributed by atoms with Crippen LogP contribution in [0.1, 0.15) is 27.2 Å². The molecule has 0 radical (unpaired) electrons. The highest BCUT2D eigenvalue weighted by atomic mass is 35.5. The van der Waals surface area contributed by atoms with Gasteiger partial charge in [-0.25, -0.2) is 9.65 Å². The van der Waals surface area contributed by atoms with Gasteiger partial charge in [0.1, 0.15) is 0 Å². The van der Waals surface area contributed by atoms with Gasteiger partial charge in [0.2, 0.25) is 0 Å². The molecule has 0 bridgehead atoms. The molecule has 2 unspecified atom stereocenters. The standard InChI is InChI=1S/C12H17Cl3NO3P/c1-4-8(3)16-20(17,18-5-2)19-12-7-10(14)9(13)6-11(12)15/h6-8H,4-5H2,1-3H3,(H,16,17). The molecular formula is C12H17Cl3NO3P. The van der Waals surface area contributed by atoms with Gasteiger partial charge in [0.05, 0.1) is 21.7 Å². The normalized spacial score (nSPS) is 15.7. The minimum Gasteiger partial charge on any atom is -0.412 e. The summed E-state index contributed by atoms with van der Waals surface area (Å²) in [5.41, 5.74) is 0. The van der Waals surface area contributed by atoms with E-state index < -0.39 is 7.75 Å². The Morgan fingerprint density at radius 3 is 2.35 bits per heavy atom. The Balaban J connectivity index is 3.01. The second-order valence-corrected chi connectivity index (χ2v) is 7.06. The lowest BCUT2D eigenvalue weighted by atomic mass is 10.3. The van der Waals surface area contributed by atoms with Gasteiger partial charge in [0.25, 0.3) is 0 Å². The lowest BCUT2D eigenvalue weighted by Crippen LogP contribution is -2.25. The second-order valence-electron chi connectivity index (χ2n) is 4.14. The maximum absolute atomic E-state index is 12.6. The SMILES string of the molecule is CCOP(=O)(NC(C)CC)Oc1cc(Cl)c(Cl)cc1Cl. The topological polar surface area (TPSA) is 47.6 Å². The Kier molecular flexibility index (Phi) is 7.13. The van der Waals surface area contributed by atoms with E-state index in [2.05, 4.69) is 5.09 Å². The summed E-state index contributed by atoms with van der Waals surface area (Å²) in [6.45, 7) is 5.80. The van der Waals surface area contributed by atoms with Gasteiger partial charge in [0.15, 0.2) is 5.75 Å². The summed E-state index contributed by atoms with van der Waals surface area (Å²) >= 11 is 17.7. The summed E-state index contributed by atoms with van der Waals surface area (Å²) in [6, 6.07) is 2.81. The van der Waals surface area contributed by atoms with Gasteiger partial charge in [0, 0.05) is 12.1 Å². The lowest BCUT2D eigenvalue weighted by Gasteiger charge is -2.23. The monoisotopic (exact) mass is 359 g/mol. The van der Waals surface area contributed by atoms with E-state index in [-0.39, 0.29) is 28.4 Å². The Morgan fingerprint density at radius 1 is 1.20 bits per heavy atom. The molecule has 0 saturated carbocycles. The molecular weight excluding hydrogens is 343 g/mol. The minimum atomic E-state index is -3.51. The van der Waals surface area contributed by atoms with Crippen molar-refractivity contribution in [3.05, 3.63) is 27.2 Å². The molecule has 1 aromatic rings. The smallest absolute Gasteiger partial charge is 0.412 e. The van der Waals surface area contributed by atoms with E-state index in [1.165, 1.54) is 12.1 Å². The van der Waals surface area contributed by atoms with E-state index in [9.17, 15) is 4.57 Å². The van der Waals surface area contributed by atoms with E-state index in [4.69, 9.17) is 43.9 Å². The Morgan fingerprint density at radius 2 is 1.80 bits per heavy atom. The third-order valence-electron chi connectivity index (χ3n) is 2.48. The van der Waals surface area contributed by atoms with Crippen molar-refractivity contribution in [2.45, 2.75) is 33.2 Å². The van der Waals surface area contributed by atoms with Crippen LogP contribution in [0, 0.1) is 0 Å². The van der Waals surface area contributed by atoms with Gasteiger partial charge in [-0.2, -0.15) is 0 Å². The zero-order chi connectivity index (χ0) is 15.3. The van der Waals surface area contributed by atoms with Crippen LogP contribution < -0.4 is 9.61 Å². The molecule has 4 nitrogen and oxygen atoms in total. The Hall–Kier alpha value is 0.0400. The molecule has 2 atom stereocenters. The van der Waals surface area contributed by atoms with Crippen LogP contribution in [0.2, 0.25) is 15.1 Å². The van der Waals surface area contributed by atoms with Crippen molar-refractivity contribution >= 4 is 42.5 Å². The van der Waals surface area contributed by atoms with Crippen molar-refractivity contribution in [1.82, 2.24) is 5.09 Å². The quantitative estimate of drug-likeness (QED) is 0.511. The highest BCUT2D eigenvalue weighted by Gasteiger charge is 2.29. The van der Waals surface area contributed by atoms with Gasteiger partial charge < -0.3 is 4.52 Å². The summed E-state index contributed by atoms with van der Waals surface area (Å²) in [6.07, 6.45) is 0.773. The van der Waals surface area contributed by atoms with E-state index in [1.54, 1.807) is 6.92 Å². The average molecular weight is 361 g/mol. The van der Waals surface area contributed by atoms with Crippen LogP contribution in [-0.4, -0.2) is 12.6 Å². The first-order valence-corrected chi connectivity index (χ1v) is 8.85. The summed E-state index contributed by atoms with van der Waals surface area (Å²) in [5.74, 6) is 0.161. The molecule has 0 aliphatic heterocycles. The molecule has 0 aromatic heterocycles. The summed E-state index contributed by atoms with van der Waals surface area (Å²) in [4.78, 5) is 0. The van der Waals surface area contributed by atoms with Crippen molar-refractivity contribution < 1.29 is 13.6 Å². The first-order valence-electron chi connectivity index (χ1n) is 6.17. The number of benzene rings is 1. The number of hydrogen-bond acceptors (Lipinski definition) is 3. The number of halogens is 3. The van der Waals surface area contributed by atoms with E-state index in [1.807, 2.05) is 13.8 Å². The average Bonchev–Trinajstić information content (AvgIpc) is 2.35. The van der Waals surface area contributed by atoms with Gasteiger partial charge in [-0.3, -0.25) is 4.52 Å². The fourth-order valence-corrected chi connectivity index (χ4v) is 3.61. The second kappa shape index (κ2) is 7.88. The van der Waals surface area contributed by atoms with E-state index in [0.717, 1.165) is 6.42 Å². The molecule has 0 spiro atoms. The van der Waals surface area contributed by atoms with Crippen molar-refractivity contribution in [2.24, 2.45) is 0 Å². The summed E-state index contributed by atoms with van der Waals surface area (Å²) in [7, 11) is -3.51. The van der Waals surface area contributed by atoms with Gasteiger partial charge in [-0.15, -0.1) is 0 Å². The summed E-state index contributed by atoms with van der Waals surface area (Å²) in [5, 5.41) is 3.60. The lowest BCUT2D eigenvalue weighted by molar-refractivity contribution is 0.264. The molecule has 20 heavy (non-hydrogen) atoms. The minimum absolute atomic E-state index is 0.0334. The molecule has 0 heterocycles. The van der Waals surface area contributed by atoms with E-state index in [0.29, 0.717) is 5.02 Å². The van der Waals surface area contributed by atoms with E-state index >= 15 is 0 Å². The Bertz CT molecular complexity index is 513. The number of nitrogens with one attached hydrogen (secondary N) is 1. The van der Waals surface area contributed by atoms with Crippen LogP contribution in [0.3, 0.4) is 0 Å². The molecule has 114 valence electrons. The number of rotatable bonds is 7. The third kappa shape index (κ3) is 5.10. The maximum atomic E-state index is 12.6. The van der Waals surface area contributed by atoms with Crippen LogP contribution in [0.15, 0.2) is 12.1 Å². The van der Waals surface area contributed by atoms with Crippen LogP contribution in [-0.2, 0) is 9.09 Å². The van der Waals surface area contributed by atoms with Gasteiger partial charge in [-0.1, -0.05) is 41.7 Å². The molecule has 1 rings (SSSR count). The van der Waals surface area contributed by atoms with Crippen molar-refractivity contribution in [1.29, 1.82) is 0 Å². The van der Waals surface area contributed by atoms with Crippen molar-refractivity contribution in [3.63, 3.8) is 0 Å². The number of hydrogen-bond donors (Lipinski definition) is 1. The summed E-state index contributed by atoms with van der Waals surface area (Å²) < 4.78 is 23.3. The fraction of sp³-hybridized carbons (Fsp3) is 0.500. The molecule has 0 aliphatic rings. The zero-order valence-electron chi connectivity index (χ0n) is 11.5. The van der Waals surface area contributed by atoms with Crippen LogP contribution in [0.5, 0.6) is 5.75 Å². The van der Waals surface area contributed by atoms with Crippen LogP contribution in [0.25, 0.3) is 0 Å². The zero-order valence-corrected chi connectivity index (χ0v) is 14.6. The predicted molar refractivity (Wildman–Crippen MR) is 84.2 cm³/mol. The van der Waals surface area contributed by atoms with Gasteiger partial charge in [-0.05, 0) is 26.3 Å². The largest absolute Gasteiger partial charge is 0.459 e. The van der Waals surface area contributed by atoms with Crippen LogP contribution >= 0.6 is 42.5 Å². The molecule has 8 heteroatoms. The molecule has 0 fully saturated rings. The highest BCUT2D eigenvalue weighted by Crippen LogP contribution is 2.48. The fourth-order valence-electron chi connectivity index (χ4n) is 1.32. The Labute approximate surface area is 134 Å². The molecule has 0 amide bonds. The van der Waals surface area contributed by atoms with Crippen LogP contribution in [0.4, 0.5) is 0 Å². The molecule has 0 aliphatic carbocycles. The molecule has 1 aromatic carbocycles. The van der Waals surface area contributed by atoms with Crippen molar-refractivity contribution in [2.75, 3.05) is 6.61 Å². The van der Waals surface area contributed by atoms with Crippen molar-refractivity contribution in [3.8, 4) is 5.75 Å². The first kappa shape index (κ1) is 18.1. The maximum Gasteiger partial charge on any atom is 0.459 e. The predicted octanol–water partition coefficient (Wildman–Crippen LogP) is 5.56. The molecule has 1 N–H and O–H groups in total. The van der Waals surface area contributed by atoms with Gasteiger partial charge >= 0.3 is 7.75 Å². The first-order chi connectivity index (χ1) is 9.31. The highest BCUT2D eigenvalue weighted by molar-refractivity contribution is 7.52. The third-order valence-corrected chi connectivity index (χ3v) is 5.29. The molecule has 0 saturated heterocycles.